The molecule has 5 heteroatoms. The first kappa shape index (κ1) is 16.1. The Morgan fingerprint density at radius 3 is 2.48 bits per heavy atom. The minimum atomic E-state index is -0.205. The van der Waals surface area contributed by atoms with E-state index in [1.54, 1.807) is 0 Å². The lowest BCUT2D eigenvalue weighted by Crippen LogP contribution is -2.45. The fourth-order valence-corrected chi connectivity index (χ4v) is 2.85. The summed E-state index contributed by atoms with van der Waals surface area (Å²) in [6.45, 7) is 2.04. The van der Waals surface area contributed by atoms with Crippen molar-refractivity contribution in [2.75, 3.05) is 0 Å². The van der Waals surface area contributed by atoms with E-state index in [2.05, 4.69) is 10.6 Å². The van der Waals surface area contributed by atoms with Crippen LogP contribution in [0.1, 0.15) is 50.6 Å². The van der Waals surface area contributed by atoms with Gasteiger partial charge in [-0.1, -0.05) is 30.7 Å². The number of aliphatic hydroxyl groups is 1. The van der Waals surface area contributed by atoms with Crippen molar-refractivity contribution in [1.29, 1.82) is 0 Å². The fourth-order valence-electron chi connectivity index (χ4n) is 2.72. The first-order valence-corrected chi connectivity index (χ1v) is 7.97. The molecule has 0 heterocycles. The van der Waals surface area contributed by atoms with Crippen molar-refractivity contribution < 1.29 is 9.90 Å². The lowest BCUT2D eigenvalue weighted by atomic mass is 9.93. The zero-order valence-corrected chi connectivity index (χ0v) is 13.1. The number of urea groups is 1. The first-order valence-electron chi connectivity index (χ1n) is 7.59. The molecular weight excluding hydrogens is 288 g/mol. The van der Waals surface area contributed by atoms with Crippen molar-refractivity contribution in [3.05, 3.63) is 34.9 Å². The highest BCUT2D eigenvalue weighted by Gasteiger charge is 2.21. The van der Waals surface area contributed by atoms with Gasteiger partial charge in [0.2, 0.25) is 0 Å². The summed E-state index contributed by atoms with van der Waals surface area (Å²) in [7, 11) is 0. The lowest BCUT2D eigenvalue weighted by Gasteiger charge is -2.27. The number of rotatable bonds is 4. The van der Waals surface area contributed by atoms with Gasteiger partial charge < -0.3 is 15.7 Å². The van der Waals surface area contributed by atoms with Gasteiger partial charge in [0.05, 0.1) is 12.1 Å². The highest BCUT2D eigenvalue weighted by Crippen LogP contribution is 2.20. The summed E-state index contributed by atoms with van der Waals surface area (Å²) in [6.07, 6.45) is 3.82. The van der Waals surface area contributed by atoms with Crippen molar-refractivity contribution >= 4 is 17.6 Å². The van der Waals surface area contributed by atoms with Gasteiger partial charge in [0.25, 0.3) is 0 Å². The van der Waals surface area contributed by atoms with E-state index in [1.165, 1.54) is 0 Å². The zero-order chi connectivity index (χ0) is 15.2. The second-order valence-corrected chi connectivity index (χ2v) is 6.07. The standard InChI is InChI=1S/C16H23ClN2O2/c1-2-15(11-3-5-12(17)6-4-11)19-16(21)18-13-7-9-14(20)10-8-13/h3-6,13-15,20H,2,7-10H2,1H3,(H2,18,19,21). The van der Waals surface area contributed by atoms with E-state index in [-0.39, 0.29) is 24.2 Å². The first-order chi connectivity index (χ1) is 10.1. The molecule has 1 aromatic rings. The van der Waals surface area contributed by atoms with Crippen LogP contribution in [-0.2, 0) is 0 Å². The fraction of sp³-hybridized carbons (Fsp3) is 0.562. The number of amides is 2. The normalized spacial score (nSPS) is 23.4. The topological polar surface area (TPSA) is 61.4 Å². The maximum atomic E-state index is 12.1. The van der Waals surface area contributed by atoms with Crippen molar-refractivity contribution in [1.82, 2.24) is 10.6 Å². The van der Waals surface area contributed by atoms with Crippen molar-refractivity contribution in [3.8, 4) is 0 Å². The molecule has 4 nitrogen and oxygen atoms in total. The lowest BCUT2D eigenvalue weighted by molar-refractivity contribution is 0.117. The smallest absolute Gasteiger partial charge is 0.315 e. The molecule has 1 aliphatic rings. The molecular formula is C16H23ClN2O2. The molecule has 3 N–H and O–H groups in total. The SMILES string of the molecule is CCC(NC(=O)NC1CCC(O)CC1)c1ccc(Cl)cc1. The summed E-state index contributed by atoms with van der Waals surface area (Å²) in [4.78, 5) is 12.1. The third-order valence-electron chi connectivity index (χ3n) is 4.02. The number of nitrogens with one attached hydrogen (secondary N) is 2. The van der Waals surface area contributed by atoms with E-state index < -0.39 is 0 Å². The Bertz CT molecular complexity index is 456. The highest BCUT2D eigenvalue weighted by atomic mass is 35.5. The van der Waals surface area contributed by atoms with Crippen LogP contribution in [0.5, 0.6) is 0 Å². The van der Waals surface area contributed by atoms with Crippen LogP contribution in [0.4, 0.5) is 4.79 Å². The summed E-state index contributed by atoms with van der Waals surface area (Å²) < 4.78 is 0. The van der Waals surface area contributed by atoms with Crippen LogP contribution >= 0.6 is 11.6 Å². The molecule has 0 aliphatic heterocycles. The Balaban J connectivity index is 1.86. The Morgan fingerprint density at radius 1 is 1.29 bits per heavy atom. The summed E-state index contributed by atoms with van der Waals surface area (Å²) in [5, 5.41) is 16.2. The second kappa shape index (κ2) is 7.66. The molecule has 1 aromatic carbocycles. The highest BCUT2D eigenvalue weighted by molar-refractivity contribution is 6.30. The van der Waals surface area contributed by atoms with E-state index in [0.717, 1.165) is 37.7 Å². The van der Waals surface area contributed by atoms with Gasteiger partial charge in [-0.05, 0) is 49.8 Å². The van der Waals surface area contributed by atoms with Gasteiger partial charge in [0.15, 0.2) is 0 Å². The Kier molecular flexibility index (Phi) is 5.88. The molecule has 1 atom stereocenters. The molecule has 0 radical (unpaired) electrons. The molecule has 2 rings (SSSR count). The minimum absolute atomic E-state index is 0.0172. The minimum Gasteiger partial charge on any atom is -0.393 e. The quantitative estimate of drug-likeness (QED) is 0.798. The predicted octanol–water partition coefficient (Wildman–Crippen LogP) is 3.39. The summed E-state index contributed by atoms with van der Waals surface area (Å²) >= 11 is 5.89. The van der Waals surface area contributed by atoms with Gasteiger partial charge in [0.1, 0.15) is 0 Å². The summed E-state index contributed by atoms with van der Waals surface area (Å²) in [5.41, 5.74) is 1.05. The Labute approximate surface area is 130 Å². The Hall–Kier alpha value is -1.26. The molecule has 0 bridgehead atoms. The number of carbonyl (C=O) groups excluding carboxylic acids is 1. The molecule has 0 saturated heterocycles. The molecule has 0 aromatic heterocycles. The van der Waals surface area contributed by atoms with E-state index in [0.29, 0.717) is 5.02 Å². The molecule has 1 unspecified atom stereocenters. The van der Waals surface area contributed by atoms with Crippen molar-refractivity contribution in [2.45, 2.75) is 57.2 Å². The van der Waals surface area contributed by atoms with E-state index in [1.807, 2.05) is 31.2 Å². The monoisotopic (exact) mass is 310 g/mol. The largest absolute Gasteiger partial charge is 0.393 e. The van der Waals surface area contributed by atoms with E-state index >= 15 is 0 Å². The van der Waals surface area contributed by atoms with Crippen LogP contribution in [0.3, 0.4) is 0 Å². The number of carbonyl (C=O) groups is 1. The number of halogens is 1. The van der Waals surface area contributed by atoms with Crippen molar-refractivity contribution in [3.63, 3.8) is 0 Å². The van der Waals surface area contributed by atoms with Crippen LogP contribution in [0.25, 0.3) is 0 Å². The third kappa shape index (κ3) is 4.90. The third-order valence-corrected chi connectivity index (χ3v) is 4.27. The van der Waals surface area contributed by atoms with Crippen molar-refractivity contribution in [2.24, 2.45) is 0 Å². The number of aliphatic hydroxyl groups excluding tert-OH is 1. The van der Waals surface area contributed by atoms with E-state index in [9.17, 15) is 9.90 Å². The van der Waals surface area contributed by atoms with Gasteiger partial charge in [-0.25, -0.2) is 4.79 Å². The van der Waals surface area contributed by atoms with Gasteiger partial charge in [-0.3, -0.25) is 0 Å². The Morgan fingerprint density at radius 2 is 1.90 bits per heavy atom. The maximum Gasteiger partial charge on any atom is 0.315 e. The summed E-state index contributed by atoms with van der Waals surface area (Å²) in [6, 6.07) is 7.55. The molecule has 2 amide bonds. The summed E-state index contributed by atoms with van der Waals surface area (Å²) in [5.74, 6) is 0. The number of hydrogen-bond acceptors (Lipinski definition) is 2. The van der Waals surface area contributed by atoms with Gasteiger partial charge in [-0.2, -0.15) is 0 Å². The molecule has 0 spiro atoms. The number of benzene rings is 1. The molecule has 21 heavy (non-hydrogen) atoms. The molecule has 1 fully saturated rings. The van der Waals surface area contributed by atoms with Crippen LogP contribution in [-0.4, -0.2) is 23.3 Å². The van der Waals surface area contributed by atoms with Crippen LogP contribution in [0.2, 0.25) is 5.02 Å². The number of hydrogen-bond donors (Lipinski definition) is 3. The molecule has 1 saturated carbocycles. The zero-order valence-electron chi connectivity index (χ0n) is 12.3. The average molecular weight is 311 g/mol. The van der Waals surface area contributed by atoms with Crippen LogP contribution in [0.15, 0.2) is 24.3 Å². The van der Waals surface area contributed by atoms with Gasteiger partial charge >= 0.3 is 6.03 Å². The van der Waals surface area contributed by atoms with Crippen LogP contribution in [0, 0.1) is 0 Å². The van der Waals surface area contributed by atoms with E-state index in [4.69, 9.17) is 11.6 Å². The maximum absolute atomic E-state index is 12.1. The molecule has 1 aliphatic carbocycles. The van der Waals surface area contributed by atoms with Crippen LogP contribution < -0.4 is 10.6 Å². The predicted molar refractivity (Wildman–Crippen MR) is 84.4 cm³/mol. The average Bonchev–Trinajstić information content (AvgIpc) is 2.48. The second-order valence-electron chi connectivity index (χ2n) is 5.64. The molecule has 116 valence electrons. The van der Waals surface area contributed by atoms with Gasteiger partial charge in [0, 0.05) is 11.1 Å². The van der Waals surface area contributed by atoms with Gasteiger partial charge in [-0.15, -0.1) is 0 Å².